The molecule has 0 aromatic heterocycles. The lowest BCUT2D eigenvalue weighted by Gasteiger charge is -2.11. The fourth-order valence-corrected chi connectivity index (χ4v) is 3.45. The topological polar surface area (TPSA) is 96.2 Å². The van der Waals surface area contributed by atoms with Crippen molar-refractivity contribution in [3.05, 3.63) is 93.5 Å². The number of phenolic OH excluding ortho intramolecular Hbond substituents is 1. The van der Waals surface area contributed by atoms with Gasteiger partial charge in [-0.1, -0.05) is 45.8 Å². The van der Waals surface area contributed by atoms with E-state index >= 15 is 0 Å². The van der Waals surface area contributed by atoms with Gasteiger partial charge in [-0.25, -0.2) is 4.79 Å². The summed E-state index contributed by atoms with van der Waals surface area (Å²) in [5.41, 5.74) is 2.90. The molecule has 0 aliphatic heterocycles. The highest BCUT2D eigenvalue weighted by Gasteiger charge is 2.17. The number of carbonyl (C=O) groups is 2. The van der Waals surface area contributed by atoms with Crippen molar-refractivity contribution in [2.75, 3.05) is 6.61 Å². The van der Waals surface area contributed by atoms with Crippen molar-refractivity contribution in [2.45, 2.75) is 19.4 Å². The molecule has 1 unspecified atom stereocenters. The molecule has 0 radical (unpaired) electrons. The number of hydrogen-bond acceptors (Lipinski definition) is 6. The number of carbonyl (C=O) groups excluding carboxylic acids is 2. The van der Waals surface area contributed by atoms with E-state index in [0.29, 0.717) is 21.3 Å². The number of hydrogen-bond donors (Lipinski definition) is 2. The normalized spacial score (nSPS) is 12.0. The Morgan fingerprint density at radius 3 is 2.41 bits per heavy atom. The van der Waals surface area contributed by atoms with E-state index in [-0.39, 0.29) is 12.2 Å². The fraction of sp³-hybridized carbons (Fsp3) is 0.160. The number of phenols is 1. The summed E-state index contributed by atoms with van der Waals surface area (Å²) in [4.78, 5) is 28.9. The van der Waals surface area contributed by atoms with Gasteiger partial charge in [0, 0.05) is 17.1 Å². The number of ether oxygens (including phenoxy) is 1. The Morgan fingerprint density at radius 1 is 1.06 bits per heavy atom. The molecule has 0 aliphatic rings. The lowest BCUT2D eigenvalue weighted by atomic mass is 10.0. The molecule has 0 aliphatic carbocycles. The van der Waals surface area contributed by atoms with Crippen molar-refractivity contribution >= 4 is 33.9 Å². The van der Waals surface area contributed by atoms with Gasteiger partial charge in [0.2, 0.25) is 0 Å². The molecule has 0 heterocycles. The molecule has 0 saturated carbocycles. The number of benzene rings is 3. The Labute approximate surface area is 194 Å². The van der Waals surface area contributed by atoms with Crippen molar-refractivity contribution in [3.63, 3.8) is 0 Å². The van der Waals surface area contributed by atoms with Gasteiger partial charge in [0.1, 0.15) is 24.1 Å². The van der Waals surface area contributed by atoms with Crippen LogP contribution < -0.4 is 4.74 Å². The van der Waals surface area contributed by atoms with Crippen molar-refractivity contribution in [2.24, 2.45) is 4.99 Å². The maximum Gasteiger partial charge on any atom is 0.343 e. The van der Waals surface area contributed by atoms with E-state index < -0.39 is 24.4 Å². The third-order valence-corrected chi connectivity index (χ3v) is 5.15. The molecule has 0 amide bonds. The molecule has 0 bridgehead atoms. The Hall–Kier alpha value is -3.29. The first-order chi connectivity index (χ1) is 15.3. The molecular formula is C25H22BrNO5. The van der Waals surface area contributed by atoms with Crippen LogP contribution in [0.15, 0.2) is 76.2 Å². The van der Waals surface area contributed by atoms with Crippen molar-refractivity contribution in [1.82, 2.24) is 0 Å². The van der Waals surface area contributed by atoms with Crippen LogP contribution in [0.3, 0.4) is 0 Å². The second-order valence-corrected chi connectivity index (χ2v) is 8.18. The number of halogens is 1. The maximum absolute atomic E-state index is 12.4. The summed E-state index contributed by atoms with van der Waals surface area (Å²) in [6.45, 7) is 1.31. The summed E-state index contributed by atoms with van der Waals surface area (Å²) in [6.07, 6.45) is 1.78. The number of esters is 1. The highest BCUT2D eigenvalue weighted by Crippen LogP contribution is 2.22. The van der Waals surface area contributed by atoms with Crippen LogP contribution in [0.25, 0.3) is 0 Å². The van der Waals surface area contributed by atoms with Crippen molar-refractivity contribution in [3.8, 4) is 11.5 Å². The molecule has 164 valence electrons. The van der Waals surface area contributed by atoms with Gasteiger partial charge in [0.05, 0.1) is 5.56 Å². The predicted molar refractivity (Wildman–Crippen MR) is 126 cm³/mol. The third-order valence-electron chi connectivity index (χ3n) is 4.69. The summed E-state index contributed by atoms with van der Waals surface area (Å²) in [5.74, 6) is -0.443. The van der Waals surface area contributed by atoms with Crippen LogP contribution in [-0.2, 0) is 11.2 Å². The van der Waals surface area contributed by atoms with E-state index in [9.17, 15) is 19.8 Å². The molecule has 0 saturated heterocycles. The average Bonchev–Trinajstić information content (AvgIpc) is 2.77. The standard InChI is InChI=1S/C25H22BrNO5/c1-16-2-6-19(7-3-16)25(31)32-22-11-18(10-20(26)13-22)14-27-23(24(30)15-28)12-17-4-8-21(29)9-5-17/h2-11,13-14,23,28-29H,12,15H2,1H3/b27-14-. The molecule has 0 fully saturated rings. The summed E-state index contributed by atoms with van der Waals surface area (Å²) in [5, 5.41) is 18.7. The average molecular weight is 496 g/mol. The first-order valence-electron chi connectivity index (χ1n) is 9.88. The number of Topliss-reactive ketones (excluding diaryl/α,β-unsaturated/α-hetero) is 1. The lowest BCUT2D eigenvalue weighted by Crippen LogP contribution is -2.24. The van der Waals surface area contributed by atoms with E-state index in [1.165, 1.54) is 18.3 Å². The zero-order chi connectivity index (χ0) is 23.1. The second-order valence-electron chi connectivity index (χ2n) is 7.26. The number of aliphatic hydroxyl groups excluding tert-OH is 1. The van der Waals surface area contributed by atoms with Gasteiger partial charge in [-0.2, -0.15) is 0 Å². The van der Waals surface area contributed by atoms with Gasteiger partial charge in [-0.05, 0) is 60.5 Å². The Balaban J connectivity index is 1.77. The van der Waals surface area contributed by atoms with Gasteiger partial charge < -0.3 is 14.9 Å². The highest BCUT2D eigenvalue weighted by molar-refractivity contribution is 9.10. The van der Waals surface area contributed by atoms with Gasteiger partial charge in [0.25, 0.3) is 0 Å². The zero-order valence-electron chi connectivity index (χ0n) is 17.4. The third kappa shape index (κ3) is 6.60. The smallest absolute Gasteiger partial charge is 0.343 e. The Morgan fingerprint density at radius 2 is 1.75 bits per heavy atom. The Kier molecular flexibility index (Phi) is 7.92. The minimum Gasteiger partial charge on any atom is -0.508 e. The van der Waals surface area contributed by atoms with Crippen LogP contribution in [0.2, 0.25) is 0 Å². The molecule has 6 nitrogen and oxygen atoms in total. The summed E-state index contributed by atoms with van der Waals surface area (Å²) < 4.78 is 6.16. The number of aliphatic hydroxyl groups is 1. The van der Waals surface area contributed by atoms with Crippen LogP contribution in [0.1, 0.15) is 27.0 Å². The molecule has 3 aromatic rings. The van der Waals surface area contributed by atoms with E-state index in [4.69, 9.17) is 4.74 Å². The molecule has 3 rings (SSSR count). The van der Waals surface area contributed by atoms with Crippen LogP contribution in [0.5, 0.6) is 11.5 Å². The maximum atomic E-state index is 12.4. The number of aliphatic imine (C=N–C) groups is 1. The molecular weight excluding hydrogens is 474 g/mol. The van der Waals surface area contributed by atoms with Crippen LogP contribution in [0.4, 0.5) is 0 Å². The van der Waals surface area contributed by atoms with Gasteiger partial charge in [-0.15, -0.1) is 0 Å². The van der Waals surface area contributed by atoms with E-state index in [1.54, 1.807) is 42.5 Å². The zero-order valence-corrected chi connectivity index (χ0v) is 19.0. The highest BCUT2D eigenvalue weighted by atomic mass is 79.9. The van der Waals surface area contributed by atoms with Crippen LogP contribution >= 0.6 is 15.9 Å². The van der Waals surface area contributed by atoms with Gasteiger partial charge >= 0.3 is 5.97 Å². The van der Waals surface area contributed by atoms with Crippen molar-refractivity contribution < 1.29 is 24.5 Å². The predicted octanol–water partition coefficient (Wildman–Crippen LogP) is 4.27. The minimum atomic E-state index is -0.790. The fourth-order valence-electron chi connectivity index (χ4n) is 2.96. The number of aromatic hydroxyl groups is 1. The first-order valence-corrected chi connectivity index (χ1v) is 10.7. The van der Waals surface area contributed by atoms with E-state index in [0.717, 1.165) is 11.1 Å². The molecule has 2 N–H and O–H groups in total. The monoisotopic (exact) mass is 495 g/mol. The number of aryl methyl sites for hydroxylation is 1. The van der Waals surface area contributed by atoms with E-state index in [1.807, 2.05) is 19.1 Å². The molecule has 0 spiro atoms. The number of ketones is 1. The molecule has 32 heavy (non-hydrogen) atoms. The molecule has 7 heteroatoms. The molecule has 1 atom stereocenters. The first kappa shape index (κ1) is 23.4. The number of nitrogens with zero attached hydrogens (tertiary/aromatic N) is 1. The van der Waals surface area contributed by atoms with Crippen LogP contribution in [0, 0.1) is 6.92 Å². The van der Waals surface area contributed by atoms with E-state index in [2.05, 4.69) is 20.9 Å². The SMILES string of the molecule is Cc1ccc(C(=O)Oc2cc(Br)cc(/C=N\C(Cc3ccc(O)cc3)C(=O)CO)c2)cc1. The molecule has 3 aromatic carbocycles. The largest absolute Gasteiger partial charge is 0.508 e. The lowest BCUT2D eigenvalue weighted by molar-refractivity contribution is -0.122. The summed E-state index contributed by atoms with van der Waals surface area (Å²) >= 11 is 3.40. The van der Waals surface area contributed by atoms with Gasteiger partial charge in [-0.3, -0.25) is 9.79 Å². The second kappa shape index (κ2) is 10.8. The quantitative estimate of drug-likeness (QED) is 0.276. The van der Waals surface area contributed by atoms with Crippen LogP contribution in [-0.4, -0.2) is 40.8 Å². The summed E-state index contributed by atoms with van der Waals surface area (Å²) in [7, 11) is 0. The van der Waals surface area contributed by atoms with Gasteiger partial charge in [0.15, 0.2) is 5.78 Å². The number of rotatable bonds is 8. The Bertz CT molecular complexity index is 1120. The van der Waals surface area contributed by atoms with Crippen molar-refractivity contribution in [1.29, 1.82) is 0 Å². The minimum absolute atomic E-state index is 0.129. The summed E-state index contributed by atoms with van der Waals surface area (Å²) in [6, 6.07) is 17.8.